The third-order valence-electron chi connectivity index (χ3n) is 3.48. The highest BCUT2D eigenvalue weighted by Gasteiger charge is 2.24. The van der Waals surface area contributed by atoms with Gasteiger partial charge >= 0.3 is 0 Å². The van der Waals surface area contributed by atoms with Gasteiger partial charge in [0.2, 0.25) is 15.9 Å². The molecule has 0 spiro atoms. The smallest absolute Gasteiger partial charge is 0.241 e. The molecular formula is C16H20N2O3S2. The number of aryl methyl sites for hydroxylation is 1. The summed E-state index contributed by atoms with van der Waals surface area (Å²) in [4.78, 5) is 15.2. The van der Waals surface area contributed by atoms with E-state index in [1.165, 1.54) is 17.0 Å². The van der Waals surface area contributed by atoms with Gasteiger partial charge in [0.25, 0.3) is 0 Å². The molecule has 1 unspecified atom stereocenters. The Balaban J connectivity index is 2.03. The summed E-state index contributed by atoms with van der Waals surface area (Å²) >= 11 is 1.58. The first-order chi connectivity index (χ1) is 10.8. The lowest BCUT2D eigenvalue weighted by Crippen LogP contribution is -2.45. The van der Waals surface area contributed by atoms with E-state index in [0.717, 1.165) is 10.4 Å². The van der Waals surface area contributed by atoms with Crippen molar-refractivity contribution in [3.8, 4) is 0 Å². The van der Waals surface area contributed by atoms with E-state index in [0.29, 0.717) is 6.54 Å². The molecule has 1 amide bonds. The third-order valence-corrected chi connectivity index (χ3v) is 6.05. The molecule has 1 atom stereocenters. The lowest BCUT2D eigenvalue weighted by atomic mass is 10.2. The molecule has 0 bridgehead atoms. The highest BCUT2D eigenvalue weighted by atomic mass is 32.2. The summed E-state index contributed by atoms with van der Waals surface area (Å²) in [6, 6.07) is 9.20. The number of sulfonamides is 1. The Morgan fingerprint density at radius 2 is 1.91 bits per heavy atom. The van der Waals surface area contributed by atoms with Crippen molar-refractivity contribution in [2.24, 2.45) is 0 Å². The predicted molar refractivity (Wildman–Crippen MR) is 91.8 cm³/mol. The Morgan fingerprint density at radius 1 is 1.26 bits per heavy atom. The summed E-state index contributed by atoms with van der Waals surface area (Å²) in [5, 5.41) is 1.98. The Kier molecular flexibility index (Phi) is 5.56. The fourth-order valence-electron chi connectivity index (χ4n) is 2.14. The zero-order chi connectivity index (χ0) is 17.0. The summed E-state index contributed by atoms with van der Waals surface area (Å²) in [6.45, 7) is 4.02. The molecule has 2 aromatic rings. The lowest BCUT2D eigenvalue weighted by Gasteiger charge is -2.22. The normalized spacial score (nSPS) is 12.8. The number of amides is 1. The first-order valence-corrected chi connectivity index (χ1v) is 9.53. The van der Waals surface area contributed by atoms with E-state index in [1.807, 2.05) is 18.4 Å². The Hall–Kier alpha value is -1.70. The second kappa shape index (κ2) is 7.25. The van der Waals surface area contributed by atoms with Crippen LogP contribution in [-0.4, -0.2) is 32.3 Å². The average molecular weight is 352 g/mol. The van der Waals surface area contributed by atoms with Crippen LogP contribution < -0.4 is 4.72 Å². The third kappa shape index (κ3) is 4.40. The maximum absolute atomic E-state index is 12.4. The van der Waals surface area contributed by atoms with Crippen molar-refractivity contribution in [3.05, 3.63) is 52.2 Å². The zero-order valence-electron chi connectivity index (χ0n) is 13.3. The van der Waals surface area contributed by atoms with E-state index < -0.39 is 16.1 Å². The molecule has 0 saturated heterocycles. The number of hydrogen-bond donors (Lipinski definition) is 1. The maximum atomic E-state index is 12.4. The Bertz CT molecular complexity index is 770. The van der Waals surface area contributed by atoms with Gasteiger partial charge in [0, 0.05) is 11.9 Å². The fourth-order valence-corrected chi connectivity index (χ4v) is 4.32. The van der Waals surface area contributed by atoms with Gasteiger partial charge in [0.1, 0.15) is 0 Å². The van der Waals surface area contributed by atoms with Crippen LogP contribution >= 0.6 is 11.3 Å². The van der Waals surface area contributed by atoms with E-state index in [1.54, 1.807) is 43.5 Å². The molecule has 0 aliphatic carbocycles. The van der Waals surface area contributed by atoms with E-state index >= 15 is 0 Å². The zero-order valence-corrected chi connectivity index (χ0v) is 14.9. The quantitative estimate of drug-likeness (QED) is 0.868. The van der Waals surface area contributed by atoms with Crippen LogP contribution in [0.15, 0.2) is 46.7 Å². The van der Waals surface area contributed by atoms with Crippen LogP contribution in [0.2, 0.25) is 0 Å². The van der Waals surface area contributed by atoms with Crippen molar-refractivity contribution >= 4 is 27.3 Å². The largest absolute Gasteiger partial charge is 0.339 e. The van der Waals surface area contributed by atoms with Gasteiger partial charge in [0.15, 0.2) is 0 Å². The van der Waals surface area contributed by atoms with Crippen LogP contribution in [0, 0.1) is 6.92 Å². The summed E-state index contributed by atoms with van der Waals surface area (Å²) in [6.07, 6.45) is 0. The summed E-state index contributed by atoms with van der Waals surface area (Å²) in [5.41, 5.74) is 1.13. The lowest BCUT2D eigenvalue weighted by molar-refractivity contribution is -0.131. The number of thiophene rings is 1. The minimum atomic E-state index is -3.70. The standard InChI is InChI=1S/C16H20N2O3S2/c1-12-9-10-22-15(12)11-18(3)16(19)13(2)17-23(20,21)14-7-5-4-6-8-14/h4-10,13,17H,11H2,1-3H3. The number of benzene rings is 1. The topological polar surface area (TPSA) is 66.5 Å². The van der Waals surface area contributed by atoms with Crippen molar-refractivity contribution in [1.29, 1.82) is 0 Å². The minimum absolute atomic E-state index is 0.149. The minimum Gasteiger partial charge on any atom is -0.339 e. The number of carbonyl (C=O) groups excluding carboxylic acids is 1. The second-order valence-corrected chi connectivity index (χ2v) is 8.09. The van der Waals surface area contributed by atoms with E-state index in [9.17, 15) is 13.2 Å². The van der Waals surface area contributed by atoms with Gasteiger partial charge in [-0.1, -0.05) is 18.2 Å². The Labute approximate surface area is 141 Å². The molecule has 2 rings (SSSR count). The van der Waals surface area contributed by atoms with Crippen molar-refractivity contribution in [2.75, 3.05) is 7.05 Å². The number of hydrogen-bond acceptors (Lipinski definition) is 4. The predicted octanol–water partition coefficient (Wildman–Crippen LogP) is 2.38. The highest BCUT2D eigenvalue weighted by Crippen LogP contribution is 2.17. The molecule has 0 aliphatic rings. The first kappa shape index (κ1) is 17.7. The molecule has 0 fully saturated rings. The average Bonchev–Trinajstić information content (AvgIpc) is 2.92. The number of nitrogens with zero attached hydrogens (tertiary/aromatic N) is 1. The molecule has 1 aromatic carbocycles. The van der Waals surface area contributed by atoms with Crippen LogP contribution in [0.4, 0.5) is 0 Å². The molecule has 7 heteroatoms. The molecular weight excluding hydrogens is 332 g/mol. The molecule has 0 saturated carbocycles. The molecule has 1 aromatic heterocycles. The van der Waals surface area contributed by atoms with Crippen molar-refractivity contribution in [3.63, 3.8) is 0 Å². The molecule has 23 heavy (non-hydrogen) atoms. The van der Waals surface area contributed by atoms with E-state index in [2.05, 4.69) is 4.72 Å². The molecule has 0 radical (unpaired) electrons. The van der Waals surface area contributed by atoms with Crippen LogP contribution in [0.3, 0.4) is 0 Å². The summed E-state index contributed by atoms with van der Waals surface area (Å²) in [7, 11) is -2.03. The van der Waals surface area contributed by atoms with Crippen LogP contribution in [0.5, 0.6) is 0 Å². The second-order valence-electron chi connectivity index (χ2n) is 5.38. The van der Waals surface area contributed by atoms with E-state index in [-0.39, 0.29) is 10.8 Å². The van der Waals surface area contributed by atoms with E-state index in [4.69, 9.17) is 0 Å². The van der Waals surface area contributed by atoms with Gasteiger partial charge in [-0.05, 0) is 43.0 Å². The molecule has 0 aliphatic heterocycles. The number of rotatable bonds is 6. The van der Waals surface area contributed by atoms with Crippen LogP contribution in [-0.2, 0) is 21.4 Å². The highest BCUT2D eigenvalue weighted by molar-refractivity contribution is 7.89. The van der Waals surface area contributed by atoms with Gasteiger partial charge in [0.05, 0.1) is 17.5 Å². The van der Waals surface area contributed by atoms with Crippen molar-refractivity contribution in [2.45, 2.75) is 31.3 Å². The SMILES string of the molecule is Cc1ccsc1CN(C)C(=O)C(C)NS(=O)(=O)c1ccccc1. The summed E-state index contributed by atoms with van der Waals surface area (Å²) in [5.74, 6) is -0.266. The van der Waals surface area contributed by atoms with Gasteiger partial charge in [-0.25, -0.2) is 8.42 Å². The maximum Gasteiger partial charge on any atom is 0.241 e. The van der Waals surface area contributed by atoms with Gasteiger partial charge in [-0.3, -0.25) is 4.79 Å². The van der Waals surface area contributed by atoms with Crippen LogP contribution in [0.25, 0.3) is 0 Å². The molecule has 124 valence electrons. The van der Waals surface area contributed by atoms with Crippen molar-refractivity contribution < 1.29 is 13.2 Å². The van der Waals surface area contributed by atoms with Gasteiger partial charge in [-0.2, -0.15) is 4.72 Å². The monoisotopic (exact) mass is 352 g/mol. The number of likely N-dealkylation sites (N-methyl/N-ethyl adjacent to an activating group) is 1. The number of nitrogens with one attached hydrogen (secondary N) is 1. The van der Waals surface area contributed by atoms with Crippen molar-refractivity contribution in [1.82, 2.24) is 9.62 Å². The Morgan fingerprint density at radius 3 is 2.48 bits per heavy atom. The first-order valence-electron chi connectivity index (χ1n) is 7.16. The van der Waals surface area contributed by atoms with Gasteiger partial charge < -0.3 is 4.90 Å². The molecule has 1 heterocycles. The fraction of sp³-hybridized carbons (Fsp3) is 0.312. The van der Waals surface area contributed by atoms with Crippen LogP contribution in [0.1, 0.15) is 17.4 Å². The molecule has 1 N–H and O–H groups in total. The number of carbonyl (C=O) groups is 1. The summed E-state index contributed by atoms with van der Waals surface area (Å²) < 4.78 is 27.0. The molecule has 5 nitrogen and oxygen atoms in total. The van der Waals surface area contributed by atoms with Gasteiger partial charge in [-0.15, -0.1) is 11.3 Å².